The van der Waals surface area contributed by atoms with E-state index in [0.717, 1.165) is 17.2 Å². The second-order valence-corrected chi connectivity index (χ2v) is 6.44. The molecule has 0 radical (unpaired) electrons. The number of benzene rings is 2. The Morgan fingerprint density at radius 2 is 1.75 bits per heavy atom. The van der Waals surface area contributed by atoms with Crippen LogP contribution in [0, 0.1) is 19.7 Å². The van der Waals surface area contributed by atoms with Gasteiger partial charge in [0.05, 0.1) is 5.39 Å². The van der Waals surface area contributed by atoms with Crippen LogP contribution in [0.25, 0.3) is 22.2 Å². The number of amides is 1. The molecule has 0 spiro atoms. The van der Waals surface area contributed by atoms with E-state index in [-0.39, 0.29) is 22.9 Å². The van der Waals surface area contributed by atoms with Gasteiger partial charge in [-0.05, 0) is 61.4 Å². The lowest BCUT2D eigenvalue weighted by atomic mass is 10.1. The Bertz CT molecular complexity index is 1260. The molecule has 0 atom stereocenters. The number of hydrogen-bond acceptors (Lipinski definition) is 5. The second kappa shape index (κ2) is 6.77. The number of carbonyl (C=O) groups is 1. The predicted octanol–water partition coefficient (Wildman–Crippen LogP) is 4.46. The van der Waals surface area contributed by atoms with E-state index >= 15 is 0 Å². The van der Waals surface area contributed by atoms with Crippen molar-refractivity contribution < 1.29 is 18.1 Å². The highest BCUT2D eigenvalue weighted by Crippen LogP contribution is 2.23. The first-order valence-corrected chi connectivity index (χ1v) is 8.50. The molecule has 0 unspecified atom stereocenters. The van der Waals surface area contributed by atoms with Crippen LogP contribution in [0.15, 0.2) is 62.3 Å². The molecule has 7 heteroatoms. The third-order valence-corrected chi connectivity index (χ3v) is 4.45. The van der Waals surface area contributed by atoms with E-state index < -0.39 is 5.91 Å². The average Bonchev–Trinajstić information content (AvgIpc) is 3.12. The highest BCUT2D eigenvalue weighted by Gasteiger charge is 2.16. The molecular weight excluding hydrogens is 363 g/mol. The molecule has 28 heavy (non-hydrogen) atoms. The first-order chi connectivity index (χ1) is 13.4. The van der Waals surface area contributed by atoms with Crippen LogP contribution in [0.2, 0.25) is 0 Å². The number of fused-ring (bicyclic) bond motifs is 1. The van der Waals surface area contributed by atoms with Gasteiger partial charge in [-0.1, -0.05) is 5.16 Å². The number of halogens is 1. The standard InChI is InChI=1S/C21H15FN2O4/c1-11-7-15-17(25)10-19(27-18(15)8-12(11)2)21(26)23-20-9-16(24-28-20)13-3-5-14(22)6-4-13/h3-10H,1-2H3,(H,23,26). The normalized spacial score (nSPS) is 11.0. The average molecular weight is 378 g/mol. The first-order valence-electron chi connectivity index (χ1n) is 8.50. The minimum atomic E-state index is -0.640. The summed E-state index contributed by atoms with van der Waals surface area (Å²) >= 11 is 0. The monoisotopic (exact) mass is 378 g/mol. The summed E-state index contributed by atoms with van der Waals surface area (Å²) in [5.74, 6) is -1.07. The molecule has 2 aromatic heterocycles. The van der Waals surface area contributed by atoms with E-state index in [9.17, 15) is 14.0 Å². The molecule has 0 fully saturated rings. The molecule has 140 valence electrons. The molecule has 0 bridgehead atoms. The van der Waals surface area contributed by atoms with Gasteiger partial charge < -0.3 is 8.94 Å². The number of anilines is 1. The maximum absolute atomic E-state index is 13.0. The van der Waals surface area contributed by atoms with Gasteiger partial charge in [-0.2, -0.15) is 0 Å². The lowest BCUT2D eigenvalue weighted by Gasteiger charge is -2.05. The Hall–Kier alpha value is -3.74. The van der Waals surface area contributed by atoms with Crippen LogP contribution in [-0.4, -0.2) is 11.1 Å². The third-order valence-electron chi connectivity index (χ3n) is 4.45. The Labute approximate surface area is 158 Å². The second-order valence-electron chi connectivity index (χ2n) is 6.44. The summed E-state index contributed by atoms with van der Waals surface area (Å²) in [4.78, 5) is 24.8. The highest BCUT2D eigenvalue weighted by atomic mass is 19.1. The van der Waals surface area contributed by atoms with Crippen molar-refractivity contribution in [3.63, 3.8) is 0 Å². The van der Waals surface area contributed by atoms with Crippen molar-refractivity contribution >= 4 is 22.8 Å². The molecule has 1 amide bonds. The number of nitrogens with zero attached hydrogens (tertiary/aromatic N) is 1. The SMILES string of the molecule is Cc1cc2oc(C(=O)Nc3cc(-c4ccc(F)cc4)no3)cc(=O)c2cc1C. The van der Waals surface area contributed by atoms with Crippen LogP contribution in [0.4, 0.5) is 10.3 Å². The van der Waals surface area contributed by atoms with Crippen molar-refractivity contribution in [2.45, 2.75) is 13.8 Å². The fourth-order valence-corrected chi connectivity index (χ4v) is 2.79. The zero-order valence-corrected chi connectivity index (χ0v) is 15.1. The Morgan fingerprint density at radius 3 is 2.50 bits per heavy atom. The van der Waals surface area contributed by atoms with Crippen LogP contribution in [0.3, 0.4) is 0 Å². The summed E-state index contributed by atoms with van der Waals surface area (Å²) < 4.78 is 23.7. The number of aryl methyl sites for hydroxylation is 2. The van der Waals surface area contributed by atoms with E-state index in [0.29, 0.717) is 22.2 Å². The van der Waals surface area contributed by atoms with Crippen molar-refractivity contribution in [2.24, 2.45) is 0 Å². The van der Waals surface area contributed by atoms with Gasteiger partial charge in [0.25, 0.3) is 5.91 Å². The van der Waals surface area contributed by atoms with E-state index in [1.165, 1.54) is 18.2 Å². The molecule has 0 aliphatic carbocycles. The lowest BCUT2D eigenvalue weighted by Crippen LogP contribution is -2.14. The van der Waals surface area contributed by atoms with Crippen molar-refractivity contribution in [1.29, 1.82) is 0 Å². The van der Waals surface area contributed by atoms with E-state index in [1.807, 2.05) is 13.8 Å². The molecule has 2 heterocycles. The smallest absolute Gasteiger partial charge is 0.293 e. The van der Waals surface area contributed by atoms with Gasteiger partial charge in [0, 0.05) is 17.7 Å². The highest BCUT2D eigenvalue weighted by molar-refractivity contribution is 6.02. The quantitative estimate of drug-likeness (QED) is 0.569. The zero-order chi connectivity index (χ0) is 19.8. The Kier molecular flexibility index (Phi) is 4.27. The summed E-state index contributed by atoms with van der Waals surface area (Å²) in [5, 5.41) is 6.76. The zero-order valence-electron chi connectivity index (χ0n) is 15.1. The van der Waals surface area contributed by atoms with Gasteiger partial charge in [0.2, 0.25) is 5.88 Å². The maximum Gasteiger partial charge on any atom is 0.293 e. The molecule has 0 aliphatic heterocycles. The summed E-state index contributed by atoms with van der Waals surface area (Å²) in [5.41, 5.74) is 3.01. The van der Waals surface area contributed by atoms with E-state index in [4.69, 9.17) is 8.94 Å². The number of nitrogens with one attached hydrogen (secondary N) is 1. The van der Waals surface area contributed by atoms with Crippen LogP contribution in [0.5, 0.6) is 0 Å². The van der Waals surface area contributed by atoms with Crippen molar-refractivity contribution in [3.8, 4) is 11.3 Å². The summed E-state index contributed by atoms with van der Waals surface area (Å²) in [7, 11) is 0. The molecule has 0 aliphatic rings. The number of hydrogen-bond donors (Lipinski definition) is 1. The summed E-state index contributed by atoms with van der Waals surface area (Å²) in [6, 6.07) is 11.8. The molecule has 6 nitrogen and oxygen atoms in total. The molecule has 4 rings (SSSR count). The number of carbonyl (C=O) groups excluding carboxylic acids is 1. The molecular formula is C21H15FN2O4. The predicted molar refractivity (Wildman–Crippen MR) is 102 cm³/mol. The maximum atomic E-state index is 13.0. The van der Waals surface area contributed by atoms with Gasteiger partial charge in [0.15, 0.2) is 11.2 Å². The fraction of sp³-hybridized carbons (Fsp3) is 0.0952. The van der Waals surface area contributed by atoms with Crippen LogP contribution < -0.4 is 10.7 Å². The molecule has 0 saturated carbocycles. The van der Waals surface area contributed by atoms with E-state index in [1.54, 1.807) is 24.3 Å². The van der Waals surface area contributed by atoms with Gasteiger partial charge >= 0.3 is 0 Å². The summed E-state index contributed by atoms with van der Waals surface area (Å²) in [6.45, 7) is 3.80. The van der Waals surface area contributed by atoms with Gasteiger partial charge in [-0.25, -0.2) is 4.39 Å². The van der Waals surface area contributed by atoms with Crippen molar-refractivity contribution in [3.05, 3.63) is 81.5 Å². The number of aromatic nitrogens is 1. The largest absolute Gasteiger partial charge is 0.451 e. The lowest BCUT2D eigenvalue weighted by molar-refractivity contribution is 0.0994. The van der Waals surface area contributed by atoms with Gasteiger partial charge in [0.1, 0.15) is 17.1 Å². The minimum Gasteiger partial charge on any atom is -0.451 e. The summed E-state index contributed by atoms with van der Waals surface area (Å²) in [6.07, 6.45) is 0. The van der Waals surface area contributed by atoms with E-state index in [2.05, 4.69) is 10.5 Å². The molecule has 4 aromatic rings. The molecule has 2 aromatic carbocycles. The molecule has 0 saturated heterocycles. The van der Waals surface area contributed by atoms with Gasteiger partial charge in [-0.3, -0.25) is 14.9 Å². The Balaban J connectivity index is 1.61. The third kappa shape index (κ3) is 3.29. The van der Waals surface area contributed by atoms with Crippen LogP contribution in [-0.2, 0) is 0 Å². The van der Waals surface area contributed by atoms with Gasteiger partial charge in [-0.15, -0.1) is 0 Å². The van der Waals surface area contributed by atoms with Crippen molar-refractivity contribution in [2.75, 3.05) is 5.32 Å². The fourth-order valence-electron chi connectivity index (χ4n) is 2.79. The number of rotatable bonds is 3. The first kappa shape index (κ1) is 17.7. The minimum absolute atomic E-state index is 0.0761. The topological polar surface area (TPSA) is 85.3 Å². The van der Waals surface area contributed by atoms with Crippen LogP contribution in [0.1, 0.15) is 21.7 Å². The molecule has 1 N–H and O–H groups in total. The van der Waals surface area contributed by atoms with Crippen LogP contribution >= 0.6 is 0 Å². The Morgan fingerprint density at radius 1 is 1.04 bits per heavy atom. The van der Waals surface area contributed by atoms with Crippen molar-refractivity contribution in [1.82, 2.24) is 5.16 Å².